The van der Waals surface area contributed by atoms with Crippen molar-refractivity contribution in [3.8, 4) is 0 Å². The highest BCUT2D eigenvalue weighted by Gasteiger charge is 2.10. The normalized spacial score (nSPS) is 12.8. The average Bonchev–Trinajstić information content (AvgIpc) is 2.44. The lowest BCUT2D eigenvalue weighted by molar-refractivity contribution is 0.404. The smallest absolute Gasteiger partial charge is 0.00104 e. The maximum absolute atomic E-state index is 3.63. The van der Waals surface area contributed by atoms with Crippen LogP contribution in [-0.2, 0) is 6.42 Å². The average molecular weight is 290 g/mol. The molecule has 0 amide bonds. The van der Waals surface area contributed by atoms with Gasteiger partial charge in [-0.15, -0.1) is 0 Å². The van der Waals surface area contributed by atoms with Crippen molar-refractivity contribution in [3.63, 3.8) is 0 Å². The highest BCUT2D eigenvalue weighted by atomic mass is 14.9. The van der Waals surface area contributed by atoms with E-state index in [0.717, 1.165) is 12.5 Å². The monoisotopic (exact) mass is 289 g/mol. The van der Waals surface area contributed by atoms with E-state index in [2.05, 4.69) is 57.3 Å². The van der Waals surface area contributed by atoms with Crippen LogP contribution < -0.4 is 5.32 Å². The molecular weight excluding hydrogens is 254 g/mol. The number of hydrogen-bond acceptors (Lipinski definition) is 1. The zero-order valence-corrected chi connectivity index (χ0v) is 14.6. The molecule has 0 fully saturated rings. The van der Waals surface area contributed by atoms with E-state index in [4.69, 9.17) is 0 Å². The summed E-state index contributed by atoms with van der Waals surface area (Å²) in [6, 6.07) is 9.60. The van der Waals surface area contributed by atoms with Gasteiger partial charge in [0.05, 0.1) is 0 Å². The van der Waals surface area contributed by atoms with Crippen LogP contribution in [-0.4, -0.2) is 12.6 Å². The van der Waals surface area contributed by atoms with Gasteiger partial charge in [-0.3, -0.25) is 0 Å². The zero-order valence-electron chi connectivity index (χ0n) is 14.6. The van der Waals surface area contributed by atoms with E-state index >= 15 is 0 Å². The Balaban J connectivity index is 2.43. The third-order valence-electron chi connectivity index (χ3n) is 4.14. The lowest BCUT2D eigenvalue weighted by Gasteiger charge is -2.20. The quantitative estimate of drug-likeness (QED) is 0.529. The Morgan fingerprint density at radius 3 is 2.48 bits per heavy atom. The van der Waals surface area contributed by atoms with Gasteiger partial charge in [0.1, 0.15) is 0 Å². The lowest BCUT2D eigenvalue weighted by atomic mass is 9.92. The van der Waals surface area contributed by atoms with Crippen molar-refractivity contribution in [1.82, 2.24) is 5.32 Å². The van der Waals surface area contributed by atoms with Crippen LogP contribution in [0.5, 0.6) is 0 Å². The van der Waals surface area contributed by atoms with Crippen molar-refractivity contribution in [3.05, 3.63) is 35.4 Å². The number of rotatable bonds is 11. The fourth-order valence-corrected chi connectivity index (χ4v) is 2.89. The molecule has 0 aliphatic carbocycles. The number of benzene rings is 1. The first-order valence-corrected chi connectivity index (χ1v) is 8.90. The second-order valence-corrected chi connectivity index (χ2v) is 6.83. The van der Waals surface area contributed by atoms with Gasteiger partial charge in [-0.2, -0.15) is 0 Å². The molecule has 1 aromatic rings. The third-order valence-corrected chi connectivity index (χ3v) is 4.14. The molecule has 21 heavy (non-hydrogen) atoms. The summed E-state index contributed by atoms with van der Waals surface area (Å²) in [5.41, 5.74) is 2.88. The predicted octanol–water partition coefficient (Wildman–Crippen LogP) is 5.51. The molecule has 0 saturated carbocycles. The van der Waals surface area contributed by atoms with Crippen LogP contribution in [0, 0.1) is 12.8 Å². The Hall–Kier alpha value is -0.820. The van der Waals surface area contributed by atoms with Gasteiger partial charge in [0.2, 0.25) is 0 Å². The number of nitrogens with one attached hydrogen (secondary N) is 1. The molecule has 1 N–H and O–H groups in total. The minimum absolute atomic E-state index is 0.588. The molecule has 0 spiro atoms. The Morgan fingerprint density at radius 1 is 1.05 bits per heavy atom. The van der Waals surface area contributed by atoms with Gasteiger partial charge in [0.25, 0.3) is 0 Å². The van der Waals surface area contributed by atoms with E-state index in [1.54, 1.807) is 0 Å². The summed E-state index contributed by atoms with van der Waals surface area (Å²) in [6.45, 7) is 10.1. The maximum atomic E-state index is 3.63. The fourth-order valence-electron chi connectivity index (χ4n) is 2.89. The summed E-state index contributed by atoms with van der Waals surface area (Å²) in [4.78, 5) is 0. The third kappa shape index (κ3) is 8.93. The molecule has 1 atom stereocenters. The van der Waals surface area contributed by atoms with E-state index in [1.807, 2.05) is 0 Å². The van der Waals surface area contributed by atoms with Crippen molar-refractivity contribution in [2.75, 3.05) is 6.54 Å². The molecule has 120 valence electrons. The molecule has 0 aromatic heterocycles. The molecule has 1 rings (SSSR count). The summed E-state index contributed by atoms with van der Waals surface area (Å²) in [5.74, 6) is 0.774. The summed E-state index contributed by atoms with van der Waals surface area (Å²) in [7, 11) is 0. The Kier molecular flexibility index (Phi) is 9.41. The van der Waals surface area contributed by atoms with E-state index in [0.29, 0.717) is 6.04 Å². The van der Waals surface area contributed by atoms with Crippen molar-refractivity contribution < 1.29 is 0 Å². The number of unbranched alkanes of at least 4 members (excludes halogenated alkanes) is 4. The topological polar surface area (TPSA) is 12.0 Å². The minimum atomic E-state index is 0.588. The molecule has 1 nitrogen and oxygen atoms in total. The fraction of sp³-hybridized carbons (Fsp3) is 0.700. The minimum Gasteiger partial charge on any atom is -0.314 e. The van der Waals surface area contributed by atoms with Crippen molar-refractivity contribution >= 4 is 0 Å². The van der Waals surface area contributed by atoms with E-state index < -0.39 is 0 Å². The van der Waals surface area contributed by atoms with Gasteiger partial charge < -0.3 is 5.32 Å². The summed E-state index contributed by atoms with van der Waals surface area (Å²) in [5, 5.41) is 3.63. The maximum Gasteiger partial charge on any atom is 0.00104 e. The van der Waals surface area contributed by atoms with Crippen LogP contribution in [0.25, 0.3) is 0 Å². The van der Waals surface area contributed by atoms with Crippen molar-refractivity contribution in [2.24, 2.45) is 5.92 Å². The highest BCUT2D eigenvalue weighted by Crippen LogP contribution is 2.17. The SMILES string of the molecule is CCCCCCCC(CNC(C)C)Cc1cccc(C)c1. The first kappa shape index (κ1) is 18.2. The zero-order chi connectivity index (χ0) is 15.5. The van der Waals surface area contributed by atoms with Crippen molar-refractivity contribution in [2.45, 2.75) is 78.7 Å². The van der Waals surface area contributed by atoms with Gasteiger partial charge in [-0.05, 0) is 37.8 Å². The molecule has 0 radical (unpaired) electrons. The van der Waals surface area contributed by atoms with Gasteiger partial charge in [0, 0.05) is 6.04 Å². The molecule has 0 aliphatic heterocycles. The standard InChI is InChI=1S/C20H35N/c1-5-6-7-8-9-12-20(16-21-17(2)3)15-19-13-10-11-18(4)14-19/h10-11,13-14,17,20-21H,5-9,12,15-16H2,1-4H3. The van der Waals surface area contributed by atoms with E-state index in [-0.39, 0.29) is 0 Å². The van der Waals surface area contributed by atoms with Gasteiger partial charge in [0.15, 0.2) is 0 Å². The van der Waals surface area contributed by atoms with E-state index in [1.165, 1.54) is 56.1 Å². The van der Waals surface area contributed by atoms with Crippen LogP contribution in [0.4, 0.5) is 0 Å². The Labute approximate surface area is 132 Å². The second-order valence-electron chi connectivity index (χ2n) is 6.83. The molecule has 0 heterocycles. The van der Waals surface area contributed by atoms with Crippen molar-refractivity contribution in [1.29, 1.82) is 0 Å². The molecule has 0 saturated heterocycles. The van der Waals surface area contributed by atoms with E-state index in [9.17, 15) is 0 Å². The molecular formula is C20H35N. The molecule has 1 aromatic carbocycles. The Bertz CT molecular complexity index is 370. The molecule has 1 heteroatoms. The number of hydrogen-bond donors (Lipinski definition) is 1. The predicted molar refractivity (Wildman–Crippen MR) is 94.9 cm³/mol. The second kappa shape index (κ2) is 10.8. The van der Waals surface area contributed by atoms with Gasteiger partial charge in [-0.1, -0.05) is 82.7 Å². The Morgan fingerprint density at radius 2 is 1.81 bits per heavy atom. The lowest BCUT2D eigenvalue weighted by Crippen LogP contribution is -2.30. The largest absolute Gasteiger partial charge is 0.314 e. The number of aryl methyl sites for hydroxylation is 1. The van der Waals surface area contributed by atoms with Crippen LogP contribution >= 0.6 is 0 Å². The summed E-state index contributed by atoms with van der Waals surface area (Å²) < 4.78 is 0. The van der Waals surface area contributed by atoms with Crippen LogP contribution in [0.3, 0.4) is 0 Å². The van der Waals surface area contributed by atoms with Gasteiger partial charge in [-0.25, -0.2) is 0 Å². The molecule has 0 aliphatic rings. The highest BCUT2D eigenvalue weighted by molar-refractivity contribution is 5.22. The summed E-state index contributed by atoms with van der Waals surface area (Å²) in [6.07, 6.45) is 9.50. The van der Waals surface area contributed by atoms with Gasteiger partial charge >= 0.3 is 0 Å². The first-order valence-electron chi connectivity index (χ1n) is 8.90. The van der Waals surface area contributed by atoms with Crippen LogP contribution in [0.1, 0.15) is 70.4 Å². The summed E-state index contributed by atoms with van der Waals surface area (Å²) >= 11 is 0. The molecule has 1 unspecified atom stereocenters. The van der Waals surface area contributed by atoms with Crippen LogP contribution in [0.15, 0.2) is 24.3 Å². The molecule has 0 bridgehead atoms. The van der Waals surface area contributed by atoms with Crippen LogP contribution in [0.2, 0.25) is 0 Å². The first-order chi connectivity index (χ1) is 10.1.